The van der Waals surface area contributed by atoms with Crippen LogP contribution in [0.25, 0.3) is 21.9 Å². The molecular formula is C15H15N3O2S. The van der Waals surface area contributed by atoms with E-state index in [1.54, 1.807) is 13.1 Å². The van der Waals surface area contributed by atoms with Gasteiger partial charge >= 0.3 is 5.97 Å². The molecule has 6 heteroatoms. The smallest absolute Gasteiger partial charge is 0.307 e. The summed E-state index contributed by atoms with van der Waals surface area (Å²) in [6, 6.07) is 7.88. The lowest BCUT2D eigenvalue weighted by Gasteiger charge is -2.06. The van der Waals surface area contributed by atoms with Crippen LogP contribution in [-0.4, -0.2) is 27.1 Å². The molecule has 1 aromatic carbocycles. The Bertz CT molecular complexity index is 866. The summed E-state index contributed by atoms with van der Waals surface area (Å²) in [5, 5.41) is 1.02. The first-order chi connectivity index (χ1) is 10.2. The fourth-order valence-corrected chi connectivity index (χ4v) is 2.74. The molecule has 1 N–H and O–H groups in total. The number of rotatable bonds is 4. The molecule has 3 rings (SSSR count). The van der Waals surface area contributed by atoms with E-state index in [-0.39, 0.29) is 5.97 Å². The lowest BCUT2D eigenvalue weighted by Crippen LogP contribution is -2.09. The Morgan fingerprint density at radius 2 is 2.24 bits per heavy atom. The van der Waals surface area contributed by atoms with Gasteiger partial charge in [-0.2, -0.15) is 0 Å². The Balaban J connectivity index is 2.09. The van der Waals surface area contributed by atoms with Gasteiger partial charge in [-0.3, -0.25) is 9.78 Å². The molecule has 5 nitrogen and oxygen atoms in total. The van der Waals surface area contributed by atoms with E-state index in [2.05, 4.69) is 9.97 Å². The predicted molar refractivity (Wildman–Crippen MR) is 83.7 cm³/mol. The van der Waals surface area contributed by atoms with E-state index in [1.165, 1.54) is 0 Å². The van der Waals surface area contributed by atoms with Crippen molar-refractivity contribution in [1.82, 2.24) is 14.5 Å². The van der Waals surface area contributed by atoms with E-state index in [0.29, 0.717) is 24.3 Å². The number of benzene rings is 1. The van der Waals surface area contributed by atoms with Gasteiger partial charge in [0, 0.05) is 11.9 Å². The van der Waals surface area contributed by atoms with Gasteiger partial charge in [0.25, 0.3) is 0 Å². The first-order valence-electron chi connectivity index (χ1n) is 6.82. The van der Waals surface area contributed by atoms with Crippen molar-refractivity contribution in [2.24, 2.45) is 0 Å². The van der Waals surface area contributed by atoms with Gasteiger partial charge < -0.3 is 14.3 Å². The van der Waals surface area contributed by atoms with Crippen LogP contribution in [0.3, 0.4) is 0 Å². The van der Waals surface area contributed by atoms with Crippen LogP contribution in [-0.2, 0) is 16.1 Å². The topological polar surface area (TPSA) is 59.9 Å². The molecule has 0 aliphatic rings. The highest BCUT2D eigenvalue weighted by Gasteiger charge is 2.11. The SMILES string of the molecule is CCOC(=O)CCn1c(=S)[nH]c2cnc3ccccc3c21. The van der Waals surface area contributed by atoms with Gasteiger partial charge in [-0.15, -0.1) is 0 Å². The van der Waals surface area contributed by atoms with Crippen molar-refractivity contribution in [3.05, 3.63) is 35.2 Å². The summed E-state index contributed by atoms with van der Waals surface area (Å²) in [4.78, 5) is 19.1. The predicted octanol–water partition coefficient (Wildman–Crippen LogP) is 3.20. The van der Waals surface area contributed by atoms with Crippen LogP contribution in [0.5, 0.6) is 0 Å². The molecule has 0 atom stereocenters. The molecule has 108 valence electrons. The number of carbonyl (C=O) groups excluding carboxylic acids is 1. The highest BCUT2D eigenvalue weighted by atomic mass is 32.1. The molecule has 0 spiro atoms. The zero-order valence-electron chi connectivity index (χ0n) is 11.6. The van der Waals surface area contributed by atoms with Gasteiger partial charge in [0.2, 0.25) is 0 Å². The standard InChI is InChI=1S/C15H15N3O2S/c1-2-20-13(19)7-8-18-14-10-5-3-4-6-11(10)16-9-12(14)17-15(18)21/h3-6,9H,2,7-8H2,1H3,(H,17,21). The van der Waals surface area contributed by atoms with E-state index in [9.17, 15) is 4.79 Å². The number of nitrogens with one attached hydrogen (secondary N) is 1. The highest BCUT2D eigenvalue weighted by molar-refractivity contribution is 7.71. The highest BCUT2D eigenvalue weighted by Crippen LogP contribution is 2.23. The lowest BCUT2D eigenvalue weighted by atomic mass is 10.2. The molecule has 0 unspecified atom stereocenters. The number of carbonyl (C=O) groups is 1. The minimum absolute atomic E-state index is 0.216. The Morgan fingerprint density at radius 3 is 3.05 bits per heavy atom. The summed E-state index contributed by atoms with van der Waals surface area (Å²) < 4.78 is 7.50. The van der Waals surface area contributed by atoms with Crippen LogP contribution in [0.4, 0.5) is 0 Å². The molecular weight excluding hydrogens is 286 g/mol. The number of nitrogens with zero attached hydrogens (tertiary/aromatic N) is 2. The number of pyridine rings is 1. The molecule has 0 saturated carbocycles. The first-order valence-corrected chi connectivity index (χ1v) is 7.23. The average molecular weight is 301 g/mol. The average Bonchev–Trinajstić information content (AvgIpc) is 2.81. The molecule has 0 bridgehead atoms. The molecule has 0 radical (unpaired) electrons. The third-order valence-electron chi connectivity index (χ3n) is 3.35. The minimum Gasteiger partial charge on any atom is -0.466 e. The van der Waals surface area contributed by atoms with Crippen LogP contribution < -0.4 is 0 Å². The zero-order chi connectivity index (χ0) is 14.8. The number of hydrogen-bond donors (Lipinski definition) is 1. The minimum atomic E-state index is -0.216. The number of aromatic amines is 1. The number of ether oxygens (including phenoxy) is 1. The second-order valence-corrected chi connectivity index (χ2v) is 5.06. The Morgan fingerprint density at radius 1 is 1.43 bits per heavy atom. The van der Waals surface area contributed by atoms with E-state index in [0.717, 1.165) is 21.9 Å². The number of esters is 1. The van der Waals surface area contributed by atoms with Gasteiger partial charge in [-0.1, -0.05) is 18.2 Å². The van der Waals surface area contributed by atoms with Crippen molar-refractivity contribution in [1.29, 1.82) is 0 Å². The summed E-state index contributed by atoms with van der Waals surface area (Å²) in [5.41, 5.74) is 2.77. The number of aromatic nitrogens is 3. The van der Waals surface area contributed by atoms with Crippen molar-refractivity contribution in [2.45, 2.75) is 19.9 Å². The number of H-pyrrole nitrogens is 1. The largest absolute Gasteiger partial charge is 0.466 e. The van der Waals surface area contributed by atoms with E-state index in [1.807, 2.05) is 28.8 Å². The molecule has 2 heterocycles. The summed E-state index contributed by atoms with van der Waals surface area (Å²) in [6.45, 7) is 2.69. The summed E-state index contributed by atoms with van der Waals surface area (Å²) >= 11 is 5.36. The maximum Gasteiger partial charge on any atom is 0.307 e. The molecule has 0 amide bonds. The van der Waals surface area contributed by atoms with Gasteiger partial charge in [0.1, 0.15) is 0 Å². The monoisotopic (exact) mass is 301 g/mol. The fraction of sp³-hybridized carbons (Fsp3) is 0.267. The van der Waals surface area contributed by atoms with Crippen LogP contribution in [0, 0.1) is 4.77 Å². The number of fused-ring (bicyclic) bond motifs is 3. The van der Waals surface area contributed by atoms with Crippen molar-refractivity contribution in [3.8, 4) is 0 Å². The maximum absolute atomic E-state index is 11.6. The van der Waals surface area contributed by atoms with E-state index < -0.39 is 0 Å². The maximum atomic E-state index is 11.6. The van der Waals surface area contributed by atoms with E-state index >= 15 is 0 Å². The molecule has 0 fully saturated rings. The third-order valence-corrected chi connectivity index (χ3v) is 3.67. The number of aryl methyl sites for hydroxylation is 1. The lowest BCUT2D eigenvalue weighted by molar-refractivity contribution is -0.143. The first kappa shape index (κ1) is 13.8. The van der Waals surface area contributed by atoms with Crippen molar-refractivity contribution in [3.63, 3.8) is 0 Å². The Kier molecular flexibility index (Phi) is 3.70. The van der Waals surface area contributed by atoms with E-state index in [4.69, 9.17) is 17.0 Å². The van der Waals surface area contributed by atoms with Crippen molar-refractivity contribution in [2.75, 3.05) is 6.61 Å². The molecule has 2 aromatic heterocycles. The Hall–Kier alpha value is -2.21. The summed E-state index contributed by atoms with van der Waals surface area (Å²) in [5.74, 6) is -0.216. The molecule has 21 heavy (non-hydrogen) atoms. The fourth-order valence-electron chi connectivity index (χ4n) is 2.44. The zero-order valence-corrected chi connectivity index (χ0v) is 12.4. The van der Waals surface area contributed by atoms with Crippen LogP contribution in [0.15, 0.2) is 30.5 Å². The molecule has 3 aromatic rings. The van der Waals surface area contributed by atoms with Crippen molar-refractivity contribution < 1.29 is 9.53 Å². The number of hydrogen-bond acceptors (Lipinski definition) is 4. The summed E-state index contributed by atoms with van der Waals surface area (Å²) in [7, 11) is 0. The van der Waals surface area contributed by atoms with Gasteiger partial charge in [-0.25, -0.2) is 0 Å². The second kappa shape index (κ2) is 5.65. The Labute approximate surface area is 126 Å². The third kappa shape index (κ3) is 2.54. The summed E-state index contributed by atoms with van der Waals surface area (Å²) in [6.07, 6.45) is 2.07. The quantitative estimate of drug-likeness (QED) is 0.594. The number of imidazole rings is 1. The van der Waals surface area contributed by atoms with Gasteiger partial charge in [0.05, 0.1) is 35.8 Å². The van der Waals surface area contributed by atoms with Crippen LogP contribution in [0.1, 0.15) is 13.3 Å². The second-order valence-electron chi connectivity index (χ2n) is 4.67. The molecule has 0 aliphatic heterocycles. The number of para-hydroxylation sites is 1. The van der Waals surface area contributed by atoms with Crippen LogP contribution in [0.2, 0.25) is 0 Å². The van der Waals surface area contributed by atoms with Gasteiger partial charge in [-0.05, 0) is 25.2 Å². The molecule has 0 aliphatic carbocycles. The normalized spacial score (nSPS) is 11.1. The molecule has 0 saturated heterocycles. The van der Waals surface area contributed by atoms with Crippen molar-refractivity contribution >= 4 is 40.1 Å². The van der Waals surface area contributed by atoms with Gasteiger partial charge in [0.15, 0.2) is 4.77 Å². The van der Waals surface area contributed by atoms with Crippen LogP contribution >= 0.6 is 12.2 Å².